The van der Waals surface area contributed by atoms with Crippen LogP contribution in [0.25, 0.3) is 0 Å². The monoisotopic (exact) mass is 228 g/mol. The van der Waals surface area contributed by atoms with Gasteiger partial charge in [-0.05, 0) is 32.1 Å². The Morgan fingerprint density at radius 2 is 1.94 bits per heavy atom. The number of methoxy groups -OCH3 is 1. The fourth-order valence-corrected chi connectivity index (χ4v) is 2.74. The molecule has 3 unspecified atom stereocenters. The smallest absolute Gasteiger partial charge is 0.309 e. The van der Waals surface area contributed by atoms with E-state index in [1.165, 1.54) is 7.11 Å². The molecule has 0 N–H and O–H groups in total. The lowest BCUT2D eigenvalue weighted by molar-refractivity contribution is -0.153. The van der Waals surface area contributed by atoms with Gasteiger partial charge >= 0.3 is 5.97 Å². The molecule has 0 amide bonds. The van der Waals surface area contributed by atoms with Crippen LogP contribution in [-0.4, -0.2) is 32.6 Å². The molecule has 3 atom stereocenters. The molecule has 4 nitrogen and oxygen atoms in total. The van der Waals surface area contributed by atoms with Crippen molar-refractivity contribution in [3.63, 3.8) is 0 Å². The van der Waals surface area contributed by atoms with Gasteiger partial charge in [0.05, 0.1) is 13.0 Å². The molecule has 2 aliphatic rings. The summed E-state index contributed by atoms with van der Waals surface area (Å²) >= 11 is 0. The van der Waals surface area contributed by atoms with E-state index in [1.54, 1.807) is 0 Å². The standard InChI is InChI=1S/C12H20O4/c1-4-15-11(16-5-2)9-7-12(9)6-8(12)10(13)14-3/h8-9,11H,4-7H2,1-3H3. The Hall–Kier alpha value is -0.610. The van der Waals surface area contributed by atoms with Crippen LogP contribution in [0.5, 0.6) is 0 Å². The minimum absolute atomic E-state index is 0.0748. The molecule has 0 aromatic heterocycles. The van der Waals surface area contributed by atoms with Crippen LogP contribution < -0.4 is 0 Å². The van der Waals surface area contributed by atoms with Gasteiger partial charge in [0, 0.05) is 19.1 Å². The van der Waals surface area contributed by atoms with E-state index in [0.717, 1.165) is 12.8 Å². The fraction of sp³-hybridized carbons (Fsp3) is 0.917. The van der Waals surface area contributed by atoms with E-state index < -0.39 is 0 Å². The molecule has 0 aliphatic heterocycles. The van der Waals surface area contributed by atoms with Gasteiger partial charge in [-0.2, -0.15) is 0 Å². The average Bonchev–Trinajstić information content (AvgIpc) is 3.17. The predicted octanol–water partition coefficient (Wildman–Crippen LogP) is 1.58. The summed E-state index contributed by atoms with van der Waals surface area (Å²) in [5, 5.41) is 0. The van der Waals surface area contributed by atoms with E-state index in [2.05, 4.69) is 0 Å². The minimum atomic E-state index is -0.135. The Morgan fingerprint density at radius 3 is 2.44 bits per heavy atom. The molecule has 0 saturated heterocycles. The summed E-state index contributed by atoms with van der Waals surface area (Å²) in [6.07, 6.45) is 1.85. The second kappa shape index (κ2) is 4.34. The molecule has 2 aliphatic carbocycles. The Labute approximate surface area is 96.2 Å². The van der Waals surface area contributed by atoms with Gasteiger partial charge in [0.25, 0.3) is 0 Å². The van der Waals surface area contributed by atoms with Crippen molar-refractivity contribution in [2.75, 3.05) is 20.3 Å². The Morgan fingerprint density at radius 1 is 1.31 bits per heavy atom. The van der Waals surface area contributed by atoms with Crippen LogP contribution >= 0.6 is 0 Å². The van der Waals surface area contributed by atoms with Gasteiger partial charge in [0.15, 0.2) is 6.29 Å². The van der Waals surface area contributed by atoms with Crippen LogP contribution in [-0.2, 0) is 19.0 Å². The first-order valence-corrected chi connectivity index (χ1v) is 6.00. The highest BCUT2D eigenvalue weighted by molar-refractivity contribution is 5.78. The van der Waals surface area contributed by atoms with Crippen molar-refractivity contribution in [1.82, 2.24) is 0 Å². The van der Waals surface area contributed by atoms with Crippen LogP contribution in [0.4, 0.5) is 0 Å². The van der Waals surface area contributed by atoms with E-state index in [4.69, 9.17) is 14.2 Å². The van der Waals surface area contributed by atoms with Crippen molar-refractivity contribution in [2.24, 2.45) is 17.3 Å². The van der Waals surface area contributed by atoms with E-state index >= 15 is 0 Å². The highest BCUT2D eigenvalue weighted by Gasteiger charge is 2.75. The number of carbonyl (C=O) groups is 1. The molecule has 2 fully saturated rings. The highest BCUT2D eigenvalue weighted by atomic mass is 16.7. The van der Waals surface area contributed by atoms with Crippen LogP contribution in [0.2, 0.25) is 0 Å². The molecule has 0 aromatic rings. The van der Waals surface area contributed by atoms with Crippen molar-refractivity contribution >= 4 is 5.97 Å². The van der Waals surface area contributed by atoms with Gasteiger partial charge in [0.1, 0.15) is 0 Å². The SMILES string of the molecule is CCOC(OCC)C1CC12CC2C(=O)OC. The van der Waals surface area contributed by atoms with E-state index in [9.17, 15) is 4.79 Å². The summed E-state index contributed by atoms with van der Waals surface area (Å²) in [6.45, 7) is 5.23. The third-order valence-electron chi connectivity index (χ3n) is 3.77. The maximum absolute atomic E-state index is 11.4. The van der Waals surface area contributed by atoms with E-state index in [0.29, 0.717) is 19.1 Å². The minimum Gasteiger partial charge on any atom is -0.469 e. The molecule has 0 bridgehead atoms. The Bertz CT molecular complexity index is 272. The molecular formula is C12H20O4. The summed E-state index contributed by atoms with van der Waals surface area (Å²) in [7, 11) is 1.45. The molecule has 2 rings (SSSR count). The van der Waals surface area contributed by atoms with E-state index in [1.807, 2.05) is 13.8 Å². The van der Waals surface area contributed by atoms with Gasteiger partial charge in [-0.15, -0.1) is 0 Å². The van der Waals surface area contributed by atoms with Gasteiger partial charge < -0.3 is 14.2 Å². The summed E-state index contributed by atoms with van der Waals surface area (Å²) in [5.41, 5.74) is 0.155. The van der Waals surface area contributed by atoms with Crippen LogP contribution in [0, 0.1) is 17.3 Å². The maximum Gasteiger partial charge on any atom is 0.309 e. The van der Waals surface area contributed by atoms with Crippen LogP contribution in [0.3, 0.4) is 0 Å². The quantitative estimate of drug-likeness (QED) is 0.511. The Balaban J connectivity index is 1.88. The lowest BCUT2D eigenvalue weighted by atomic mass is 10.2. The molecule has 16 heavy (non-hydrogen) atoms. The third-order valence-corrected chi connectivity index (χ3v) is 3.77. The average molecular weight is 228 g/mol. The molecule has 1 spiro atoms. The van der Waals surface area contributed by atoms with Crippen molar-refractivity contribution in [3.8, 4) is 0 Å². The van der Waals surface area contributed by atoms with Gasteiger partial charge in [-0.3, -0.25) is 4.79 Å². The fourth-order valence-electron chi connectivity index (χ4n) is 2.74. The second-order valence-electron chi connectivity index (χ2n) is 4.60. The van der Waals surface area contributed by atoms with Crippen molar-refractivity contribution in [3.05, 3.63) is 0 Å². The molecular weight excluding hydrogens is 208 g/mol. The van der Waals surface area contributed by atoms with E-state index in [-0.39, 0.29) is 23.6 Å². The highest BCUT2D eigenvalue weighted by Crippen LogP contribution is 2.76. The summed E-state index contributed by atoms with van der Waals surface area (Å²) in [6, 6.07) is 0. The van der Waals surface area contributed by atoms with Gasteiger partial charge in [0.2, 0.25) is 0 Å². The van der Waals surface area contributed by atoms with Gasteiger partial charge in [-0.1, -0.05) is 0 Å². The normalized spacial score (nSPS) is 35.5. The summed E-state index contributed by atoms with van der Waals surface area (Å²) in [4.78, 5) is 11.4. The first kappa shape index (κ1) is 11.9. The Kier molecular flexibility index (Phi) is 3.22. The summed E-state index contributed by atoms with van der Waals surface area (Å²) in [5.74, 6) is 0.400. The second-order valence-corrected chi connectivity index (χ2v) is 4.60. The lowest BCUT2D eigenvalue weighted by Crippen LogP contribution is -2.21. The first-order valence-electron chi connectivity index (χ1n) is 6.00. The first-order chi connectivity index (χ1) is 7.69. The van der Waals surface area contributed by atoms with Crippen molar-refractivity contribution in [2.45, 2.75) is 33.0 Å². The maximum atomic E-state index is 11.4. The van der Waals surface area contributed by atoms with Crippen LogP contribution in [0.15, 0.2) is 0 Å². The molecule has 2 saturated carbocycles. The zero-order valence-electron chi connectivity index (χ0n) is 10.2. The molecule has 92 valence electrons. The predicted molar refractivity (Wildman–Crippen MR) is 57.7 cm³/mol. The molecule has 0 aromatic carbocycles. The topological polar surface area (TPSA) is 44.8 Å². The third kappa shape index (κ3) is 1.84. The zero-order chi connectivity index (χ0) is 11.8. The molecule has 0 radical (unpaired) electrons. The molecule has 4 heteroatoms. The van der Waals surface area contributed by atoms with Crippen molar-refractivity contribution < 1.29 is 19.0 Å². The lowest BCUT2D eigenvalue weighted by Gasteiger charge is -2.16. The molecule has 0 heterocycles. The number of hydrogen-bond acceptors (Lipinski definition) is 4. The number of ether oxygens (including phenoxy) is 3. The van der Waals surface area contributed by atoms with Gasteiger partial charge in [-0.25, -0.2) is 0 Å². The number of carbonyl (C=O) groups excluding carboxylic acids is 1. The van der Waals surface area contributed by atoms with Crippen molar-refractivity contribution in [1.29, 1.82) is 0 Å². The largest absolute Gasteiger partial charge is 0.469 e. The number of rotatable bonds is 6. The number of hydrogen-bond donors (Lipinski definition) is 0. The van der Waals surface area contributed by atoms with Crippen LogP contribution in [0.1, 0.15) is 26.7 Å². The number of esters is 1. The summed E-state index contributed by atoms with van der Waals surface area (Å²) < 4.78 is 15.9. The zero-order valence-corrected chi connectivity index (χ0v) is 10.2.